The van der Waals surface area contributed by atoms with Gasteiger partial charge >= 0.3 is 6.03 Å². The van der Waals surface area contributed by atoms with E-state index in [-0.39, 0.29) is 12.5 Å². The summed E-state index contributed by atoms with van der Waals surface area (Å²) >= 11 is 0. The number of benzene rings is 1. The second kappa shape index (κ2) is 7.11. The van der Waals surface area contributed by atoms with Crippen LogP contribution in [-0.2, 0) is 11.3 Å². The Morgan fingerprint density at radius 3 is 2.57 bits per heavy atom. The van der Waals surface area contributed by atoms with Crippen molar-refractivity contribution in [1.82, 2.24) is 10.2 Å². The number of imide groups is 1. The van der Waals surface area contributed by atoms with Crippen LogP contribution in [0.3, 0.4) is 0 Å². The maximum atomic E-state index is 12.1. The molecule has 6 heteroatoms. The summed E-state index contributed by atoms with van der Waals surface area (Å²) in [5.74, 6) is 0.496. The molecule has 1 aromatic carbocycles. The second-order valence-electron chi connectivity index (χ2n) is 5.58. The highest BCUT2D eigenvalue weighted by molar-refractivity contribution is 6.01. The lowest BCUT2D eigenvalue weighted by Crippen LogP contribution is -2.42. The number of carbonyl (C=O) groups excluding carboxylic acids is 2. The van der Waals surface area contributed by atoms with Crippen LogP contribution in [0.2, 0.25) is 0 Å². The molecule has 0 radical (unpaired) electrons. The van der Waals surface area contributed by atoms with Crippen LogP contribution in [0.4, 0.5) is 10.5 Å². The molecule has 0 unspecified atom stereocenters. The molecule has 0 aliphatic heterocycles. The first kappa shape index (κ1) is 15.3. The summed E-state index contributed by atoms with van der Waals surface area (Å²) in [6.45, 7) is 0.749. The molecule has 120 valence electrons. The van der Waals surface area contributed by atoms with Gasteiger partial charge in [0.05, 0.1) is 19.4 Å². The predicted octanol–water partition coefficient (Wildman–Crippen LogP) is 2.59. The number of hydrogen-bond acceptors (Lipinski definition) is 4. The van der Waals surface area contributed by atoms with Gasteiger partial charge in [-0.3, -0.25) is 15.0 Å². The molecule has 6 nitrogen and oxygen atoms in total. The van der Waals surface area contributed by atoms with Crippen LogP contribution in [0.15, 0.2) is 53.1 Å². The number of urea groups is 1. The molecule has 23 heavy (non-hydrogen) atoms. The number of nitrogens with zero attached hydrogens (tertiary/aromatic N) is 1. The SMILES string of the molecule is O=C(CN(Cc1ccco1)C1CC1)NC(=O)Nc1ccccc1. The average molecular weight is 313 g/mol. The molecule has 1 aromatic heterocycles. The zero-order chi connectivity index (χ0) is 16.1. The van der Waals surface area contributed by atoms with Gasteiger partial charge in [-0.25, -0.2) is 4.79 Å². The summed E-state index contributed by atoms with van der Waals surface area (Å²) in [5.41, 5.74) is 0.646. The Bertz CT molecular complexity index is 651. The van der Waals surface area contributed by atoms with E-state index in [9.17, 15) is 9.59 Å². The fourth-order valence-electron chi connectivity index (χ4n) is 2.39. The van der Waals surface area contributed by atoms with Crippen molar-refractivity contribution in [2.75, 3.05) is 11.9 Å². The number of carbonyl (C=O) groups is 2. The van der Waals surface area contributed by atoms with Gasteiger partial charge in [0.1, 0.15) is 5.76 Å². The van der Waals surface area contributed by atoms with Gasteiger partial charge in [-0.05, 0) is 37.1 Å². The van der Waals surface area contributed by atoms with E-state index in [1.165, 1.54) is 0 Å². The van der Waals surface area contributed by atoms with Crippen LogP contribution in [0.1, 0.15) is 18.6 Å². The molecule has 3 amide bonds. The summed E-state index contributed by atoms with van der Waals surface area (Å²) in [7, 11) is 0. The first-order valence-electron chi connectivity index (χ1n) is 7.63. The fraction of sp³-hybridized carbons (Fsp3) is 0.294. The third-order valence-corrected chi connectivity index (χ3v) is 3.63. The second-order valence-corrected chi connectivity index (χ2v) is 5.58. The van der Waals surface area contributed by atoms with Gasteiger partial charge in [0.2, 0.25) is 5.91 Å². The Hall–Kier alpha value is -2.60. The van der Waals surface area contributed by atoms with Crippen molar-refractivity contribution in [2.24, 2.45) is 0 Å². The number of nitrogens with one attached hydrogen (secondary N) is 2. The highest BCUT2D eigenvalue weighted by Gasteiger charge is 2.31. The average Bonchev–Trinajstić information content (AvgIpc) is 3.25. The van der Waals surface area contributed by atoms with Crippen molar-refractivity contribution in [3.05, 3.63) is 54.5 Å². The van der Waals surface area contributed by atoms with E-state index in [0.717, 1.165) is 18.6 Å². The number of furan rings is 1. The first-order valence-corrected chi connectivity index (χ1v) is 7.63. The van der Waals surface area contributed by atoms with Gasteiger partial charge in [-0.2, -0.15) is 0 Å². The number of amides is 3. The third kappa shape index (κ3) is 4.69. The van der Waals surface area contributed by atoms with Crippen molar-refractivity contribution >= 4 is 17.6 Å². The minimum absolute atomic E-state index is 0.174. The highest BCUT2D eigenvalue weighted by atomic mass is 16.3. The van der Waals surface area contributed by atoms with Crippen LogP contribution >= 0.6 is 0 Å². The largest absolute Gasteiger partial charge is 0.468 e. The molecular formula is C17H19N3O3. The van der Waals surface area contributed by atoms with Crippen molar-refractivity contribution in [3.8, 4) is 0 Å². The molecule has 2 N–H and O–H groups in total. The molecule has 1 fully saturated rings. The monoisotopic (exact) mass is 313 g/mol. The van der Waals surface area contributed by atoms with E-state index in [1.807, 2.05) is 35.2 Å². The van der Waals surface area contributed by atoms with E-state index in [2.05, 4.69) is 10.6 Å². The first-order chi connectivity index (χ1) is 11.2. The third-order valence-electron chi connectivity index (χ3n) is 3.63. The molecule has 0 bridgehead atoms. The standard InChI is InChI=1S/C17H19N3O3/c21-16(19-17(22)18-13-5-2-1-3-6-13)12-20(14-8-9-14)11-15-7-4-10-23-15/h1-7,10,14H,8-9,11-12H2,(H2,18,19,21,22). The fourth-order valence-corrected chi connectivity index (χ4v) is 2.39. The van der Waals surface area contributed by atoms with E-state index in [1.54, 1.807) is 18.4 Å². The molecule has 0 saturated heterocycles. The summed E-state index contributed by atoms with van der Waals surface area (Å²) in [4.78, 5) is 25.9. The van der Waals surface area contributed by atoms with E-state index < -0.39 is 6.03 Å². The maximum absolute atomic E-state index is 12.1. The van der Waals surface area contributed by atoms with Crippen molar-refractivity contribution in [2.45, 2.75) is 25.4 Å². The zero-order valence-corrected chi connectivity index (χ0v) is 12.7. The van der Waals surface area contributed by atoms with Gasteiger partial charge in [0.15, 0.2) is 0 Å². The maximum Gasteiger partial charge on any atom is 0.325 e. The van der Waals surface area contributed by atoms with Crippen LogP contribution < -0.4 is 10.6 Å². The Labute approximate surface area is 134 Å². The Morgan fingerprint density at radius 1 is 1.13 bits per heavy atom. The number of anilines is 1. The van der Waals surface area contributed by atoms with Crippen LogP contribution in [0.25, 0.3) is 0 Å². The van der Waals surface area contributed by atoms with Crippen LogP contribution in [0.5, 0.6) is 0 Å². The van der Waals surface area contributed by atoms with Gasteiger partial charge < -0.3 is 9.73 Å². The van der Waals surface area contributed by atoms with Crippen molar-refractivity contribution in [1.29, 1.82) is 0 Å². The minimum Gasteiger partial charge on any atom is -0.468 e. The number of rotatable bonds is 6. The predicted molar refractivity (Wildman–Crippen MR) is 85.7 cm³/mol. The van der Waals surface area contributed by atoms with E-state index in [0.29, 0.717) is 18.3 Å². The molecule has 1 saturated carbocycles. The van der Waals surface area contributed by atoms with Gasteiger partial charge in [-0.15, -0.1) is 0 Å². The Kier molecular flexibility index (Phi) is 4.73. The molecule has 0 spiro atoms. The molecule has 0 atom stereocenters. The lowest BCUT2D eigenvalue weighted by atomic mass is 10.3. The molecule has 1 heterocycles. The van der Waals surface area contributed by atoms with Gasteiger partial charge in [-0.1, -0.05) is 18.2 Å². The van der Waals surface area contributed by atoms with Crippen molar-refractivity contribution < 1.29 is 14.0 Å². The summed E-state index contributed by atoms with van der Waals surface area (Å²) in [5, 5.41) is 4.99. The summed E-state index contributed by atoms with van der Waals surface area (Å²) < 4.78 is 5.33. The van der Waals surface area contributed by atoms with Gasteiger partial charge in [0, 0.05) is 11.7 Å². The lowest BCUT2D eigenvalue weighted by Gasteiger charge is -2.19. The smallest absolute Gasteiger partial charge is 0.325 e. The van der Waals surface area contributed by atoms with Crippen LogP contribution in [0, 0.1) is 0 Å². The molecule has 3 rings (SSSR count). The molecular weight excluding hydrogens is 294 g/mol. The normalized spacial score (nSPS) is 13.8. The Morgan fingerprint density at radius 2 is 1.91 bits per heavy atom. The molecule has 1 aliphatic rings. The lowest BCUT2D eigenvalue weighted by molar-refractivity contribution is -0.121. The van der Waals surface area contributed by atoms with Crippen molar-refractivity contribution in [3.63, 3.8) is 0 Å². The quantitative estimate of drug-likeness (QED) is 0.859. The number of para-hydroxylation sites is 1. The molecule has 1 aliphatic carbocycles. The van der Waals surface area contributed by atoms with E-state index in [4.69, 9.17) is 4.42 Å². The summed E-state index contributed by atoms with van der Waals surface area (Å²) in [6, 6.07) is 12.6. The van der Waals surface area contributed by atoms with Gasteiger partial charge in [0.25, 0.3) is 0 Å². The minimum atomic E-state index is -0.519. The summed E-state index contributed by atoms with van der Waals surface area (Å²) in [6.07, 6.45) is 3.77. The number of hydrogen-bond donors (Lipinski definition) is 2. The van der Waals surface area contributed by atoms with E-state index >= 15 is 0 Å². The topological polar surface area (TPSA) is 74.6 Å². The highest BCUT2D eigenvalue weighted by Crippen LogP contribution is 2.28. The molecule has 2 aromatic rings. The Balaban J connectivity index is 1.50. The zero-order valence-electron chi connectivity index (χ0n) is 12.7. The van der Waals surface area contributed by atoms with Crippen LogP contribution in [-0.4, -0.2) is 29.4 Å².